The fourth-order valence-electron chi connectivity index (χ4n) is 2.86. The first kappa shape index (κ1) is 19.0. The van der Waals surface area contributed by atoms with Crippen LogP contribution in [0.3, 0.4) is 0 Å². The minimum absolute atomic E-state index is 0.0956. The monoisotopic (exact) mass is 380 g/mol. The zero-order chi connectivity index (χ0) is 19.8. The van der Waals surface area contributed by atoms with Crippen LogP contribution in [-0.4, -0.2) is 34.6 Å². The lowest BCUT2D eigenvalue weighted by Gasteiger charge is -2.39. The Labute approximate surface area is 154 Å². The summed E-state index contributed by atoms with van der Waals surface area (Å²) < 4.78 is 45.4. The van der Waals surface area contributed by atoms with E-state index in [4.69, 9.17) is 4.74 Å². The van der Waals surface area contributed by atoms with Gasteiger partial charge in [-0.2, -0.15) is 13.2 Å². The molecule has 1 fully saturated rings. The maximum atomic E-state index is 12.7. The number of hydrogen-bond donors (Lipinski definition) is 0. The minimum Gasteiger partial charge on any atom is -0.486 e. The van der Waals surface area contributed by atoms with Crippen LogP contribution in [0.25, 0.3) is 0 Å². The van der Waals surface area contributed by atoms with Gasteiger partial charge in [-0.15, -0.1) is 0 Å². The fraction of sp³-hybridized carbons (Fsp3) is 0.368. The molecular weight excluding hydrogens is 361 g/mol. The van der Waals surface area contributed by atoms with Crippen molar-refractivity contribution in [3.8, 4) is 5.75 Å². The van der Waals surface area contributed by atoms with Crippen molar-refractivity contribution in [2.45, 2.75) is 25.6 Å². The number of halogens is 3. The van der Waals surface area contributed by atoms with Gasteiger partial charge in [0, 0.05) is 18.8 Å². The van der Waals surface area contributed by atoms with Crippen LogP contribution in [0.1, 0.15) is 16.8 Å². The van der Waals surface area contributed by atoms with Crippen molar-refractivity contribution < 1.29 is 22.7 Å². The quantitative estimate of drug-likeness (QED) is 0.819. The number of amides is 1. The number of rotatable bonds is 4. The molecule has 0 atom stereocenters. The Balaban J connectivity index is 1.55. The number of benzene rings is 1. The van der Waals surface area contributed by atoms with Crippen LogP contribution >= 0.6 is 0 Å². The summed E-state index contributed by atoms with van der Waals surface area (Å²) >= 11 is 0. The topological polar surface area (TPSA) is 51.5 Å². The molecule has 144 valence electrons. The van der Waals surface area contributed by atoms with Crippen LogP contribution in [0, 0.1) is 6.92 Å². The van der Waals surface area contributed by atoms with Gasteiger partial charge in [0.05, 0.1) is 25.1 Å². The van der Waals surface area contributed by atoms with Crippen molar-refractivity contribution in [3.63, 3.8) is 0 Å². The molecule has 27 heavy (non-hydrogen) atoms. The standard InChI is InChI=1S/C19H19F3N2O3/c1-12-6-15(9-17(25)23(12)2)27-16-10-24(11-16)18(26)8-13-4-3-5-14(7-13)19(20,21)22/h3-7,9,16H,8,10-11H2,1-2H3. The molecule has 1 saturated heterocycles. The number of hydrogen-bond acceptors (Lipinski definition) is 3. The summed E-state index contributed by atoms with van der Waals surface area (Å²) in [5.41, 5.74) is 0.135. The van der Waals surface area contributed by atoms with E-state index in [-0.39, 0.29) is 24.0 Å². The van der Waals surface area contributed by atoms with Crippen molar-refractivity contribution in [2.75, 3.05) is 13.1 Å². The van der Waals surface area contributed by atoms with Crippen LogP contribution in [-0.2, 0) is 24.4 Å². The molecule has 5 nitrogen and oxygen atoms in total. The van der Waals surface area contributed by atoms with E-state index in [9.17, 15) is 22.8 Å². The van der Waals surface area contributed by atoms with Crippen LogP contribution in [0.15, 0.2) is 41.2 Å². The SMILES string of the molecule is Cc1cc(OC2CN(C(=O)Cc3cccc(C(F)(F)F)c3)C2)cc(=O)n1C. The third-order valence-corrected chi connectivity index (χ3v) is 4.59. The van der Waals surface area contributed by atoms with Gasteiger partial charge in [0.2, 0.25) is 5.91 Å². The average molecular weight is 380 g/mol. The second-order valence-electron chi connectivity index (χ2n) is 6.64. The highest BCUT2D eigenvalue weighted by Crippen LogP contribution is 2.29. The first-order chi connectivity index (χ1) is 12.6. The lowest BCUT2D eigenvalue weighted by molar-refractivity contribution is -0.140. The molecule has 0 N–H and O–H groups in total. The van der Waals surface area contributed by atoms with E-state index in [1.807, 2.05) is 0 Å². The highest BCUT2D eigenvalue weighted by Gasteiger charge is 2.33. The lowest BCUT2D eigenvalue weighted by atomic mass is 10.1. The molecule has 0 spiro atoms. The van der Waals surface area contributed by atoms with E-state index in [0.29, 0.717) is 24.4 Å². The second kappa shape index (κ2) is 7.09. The van der Waals surface area contributed by atoms with Gasteiger partial charge in [-0.25, -0.2) is 0 Å². The third-order valence-electron chi connectivity index (χ3n) is 4.59. The highest BCUT2D eigenvalue weighted by atomic mass is 19.4. The molecule has 0 unspecified atom stereocenters. The Morgan fingerprint density at radius 2 is 1.93 bits per heavy atom. The number of carbonyl (C=O) groups is 1. The molecule has 1 amide bonds. The van der Waals surface area contributed by atoms with Crippen LogP contribution < -0.4 is 10.3 Å². The zero-order valence-corrected chi connectivity index (χ0v) is 14.9. The Morgan fingerprint density at radius 1 is 1.22 bits per heavy atom. The Morgan fingerprint density at radius 3 is 2.56 bits per heavy atom. The third kappa shape index (κ3) is 4.32. The first-order valence-electron chi connectivity index (χ1n) is 8.42. The fourth-order valence-corrected chi connectivity index (χ4v) is 2.86. The number of carbonyl (C=O) groups excluding carboxylic acids is 1. The van der Waals surface area contributed by atoms with Gasteiger partial charge in [-0.1, -0.05) is 18.2 Å². The molecule has 0 saturated carbocycles. The molecule has 1 aliphatic rings. The number of likely N-dealkylation sites (tertiary alicyclic amines) is 1. The van der Waals surface area contributed by atoms with E-state index in [1.165, 1.54) is 27.7 Å². The maximum absolute atomic E-state index is 12.7. The van der Waals surface area contributed by atoms with Crippen LogP contribution in [0.2, 0.25) is 0 Å². The summed E-state index contributed by atoms with van der Waals surface area (Å²) in [6.45, 7) is 2.47. The van der Waals surface area contributed by atoms with Crippen LogP contribution in [0.5, 0.6) is 5.75 Å². The van der Waals surface area contributed by atoms with Crippen molar-refractivity contribution in [1.29, 1.82) is 0 Å². The van der Waals surface area contributed by atoms with Crippen molar-refractivity contribution >= 4 is 5.91 Å². The first-order valence-corrected chi connectivity index (χ1v) is 8.42. The smallest absolute Gasteiger partial charge is 0.416 e. The number of aryl methyl sites for hydroxylation is 1. The molecular formula is C19H19F3N2O3. The molecule has 1 aromatic carbocycles. The van der Waals surface area contributed by atoms with E-state index in [1.54, 1.807) is 20.0 Å². The number of aromatic nitrogens is 1. The summed E-state index contributed by atoms with van der Waals surface area (Å²) in [6.07, 6.45) is -4.76. The minimum atomic E-state index is -4.43. The van der Waals surface area contributed by atoms with Crippen LogP contribution in [0.4, 0.5) is 13.2 Å². The van der Waals surface area contributed by atoms with Crippen molar-refractivity contribution in [2.24, 2.45) is 7.05 Å². The second-order valence-corrected chi connectivity index (χ2v) is 6.64. The van der Waals surface area contributed by atoms with E-state index in [2.05, 4.69) is 0 Å². The maximum Gasteiger partial charge on any atom is 0.416 e. The highest BCUT2D eigenvalue weighted by molar-refractivity contribution is 5.79. The summed E-state index contributed by atoms with van der Waals surface area (Å²) in [5, 5.41) is 0. The van der Waals surface area contributed by atoms with Crippen molar-refractivity contribution in [3.05, 3.63) is 63.6 Å². The van der Waals surface area contributed by atoms with E-state index >= 15 is 0 Å². The van der Waals surface area contributed by atoms with Gasteiger partial charge in [-0.3, -0.25) is 9.59 Å². The van der Waals surface area contributed by atoms with E-state index in [0.717, 1.165) is 17.8 Å². The Hall–Kier alpha value is -2.77. The molecule has 0 radical (unpaired) electrons. The summed E-state index contributed by atoms with van der Waals surface area (Å²) in [7, 11) is 1.67. The largest absolute Gasteiger partial charge is 0.486 e. The number of nitrogens with zero attached hydrogens (tertiary/aromatic N) is 2. The average Bonchev–Trinajstić information content (AvgIpc) is 2.54. The summed E-state index contributed by atoms with van der Waals surface area (Å²) in [5.74, 6) is 0.194. The molecule has 8 heteroatoms. The molecule has 3 rings (SSSR count). The normalized spacial score (nSPS) is 14.8. The van der Waals surface area contributed by atoms with Gasteiger partial charge in [-0.05, 0) is 24.6 Å². The number of ether oxygens (including phenoxy) is 1. The zero-order valence-electron chi connectivity index (χ0n) is 14.9. The predicted molar refractivity (Wildman–Crippen MR) is 92.6 cm³/mol. The molecule has 0 bridgehead atoms. The van der Waals surface area contributed by atoms with Gasteiger partial charge < -0.3 is 14.2 Å². The summed E-state index contributed by atoms with van der Waals surface area (Å²) in [4.78, 5) is 25.5. The Kier molecular flexibility index (Phi) is 4.99. The lowest BCUT2D eigenvalue weighted by Crippen LogP contribution is -2.56. The molecule has 2 heterocycles. The number of pyridine rings is 1. The van der Waals surface area contributed by atoms with Crippen molar-refractivity contribution in [1.82, 2.24) is 9.47 Å². The molecule has 1 aromatic heterocycles. The number of alkyl halides is 3. The Bertz CT molecular complexity index is 915. The molecule has 1 aliphatic heterocycles. The van der Waals surface area contributed by atoms with Gasteiger partial charge in [0.15, 0.2) is 0 Å². The van der Waals surface area contributed by atoms with Gasteiger partial charge in [0.25, 0.3) is 5.56 Å². The van der Waals surface area contributed by atoms with Gasteiger partial charge >= 0.3 is 6.18 Å². The summed E-state index contributed by atoms with van der Waals surface area (Å²) in [6, 6.07) is 7.91. The molecule has 0 aliphatic carbocycles. The van der Waals surface area contributed by atoms with E-state index < -0.39 is 11.7 Å². The predicted octanol–water partition coefficient (Wildman–Crippen LogP) is 2.54. The van der Waals surface area contributed by atoms with Gasteiger partial charge in [0.1, 0.15) is 11.9 Å². The molecule has 2 aromatic rings.